The van der Waals surface area contributed by atoms with E-state index in [1.54, 1.807) is 0 Å². The summed E-state index contributed by atoms with van der Waals surface area (Å²) in [6.07, 6.45) is -0.767. The molecule has 3 heteroatoms. The standard InChI is InChI=1S/C23H20O3/c24-13-23-21(25)12-22(26-23)16-6-5-15-8-9-18-17-4-2-1-3-14(17)7-10-19(18)20(15)11-16/h1-11,21-25H,12-13H2/t21?,22?,23-/m1/s1. The summed E-state index contributed by atoms with van der Waals surface area (Å²) in [5, 5.41) is 26.7. The highest BCUT2D eigenvalue weighted by Gasteiger charge is 2.34. The minimum absolute atomic E-state index is 0.153. The summed E-state index contributed by atoms with van der Waals surface area (Å²) < 4.78 is 5.84. The van der Waals surface area contributed by atoms with Crippen LogP contribution in [-0.2, 0) is 4.74 Å². The molecular formula is C23H20O3. The summed E-state index contributed by atoms with van der Waals surface area (Å²) in [4.78, 5) is 0. The number of hydrogen-bond acceptors (Lipinski definition) is 3. The van der Waals surface area contributed by atoms with Crippen molar-refractivity contribution >= 4 is 32.3 Å². The lowest BCUT2D eigenvalue weighted by Gasteiger charge is -2.14. The highest BCUT2D eigenvalue weighted by Crippen LogP contribution is 2.37. The summed E-state index contributed by atoms with van der Waals surface area (Å²) >= 11 is 0. The Morgan fingerprint density at radius 2 is 1.50 bits per heavy atom. The van der Waals surface area contributed by atoms with Crippen molar-refractivity contribution in [1.82, 2.24) is 0 Å². The lowest BCUT2D eigenvalue weighted by atomic mass is 9.94. The van der Waals surface area contributed by atoms with Crippen LogP contribution < -0.4 is 0 Å². The third-order valence-electron chi connectivity index (χ3n) is 5.54. The van der Waals surface area contributed by atoms with E-state index in [4.69, 9.17) is 4.74 Å². The fourth-order valence-electron chi connectivity index (χ4n) is 4.14. The smallest absolute Gasteiger partial charge is 0.107 e. The van der Waals surface area contributed by atoms with E-state index < -0.39 is 12.2 Å². The van der Waals surface area contributed by atoms with Crippen molar-refractivity contribution in [1.29, 1.82) is 0 Å². The van der Waals surface area contributed by atoms with Crippen molar-refractivity contribution in [2.24, 2.45) is 0 Å². The van der Waals surface area contributed by atoms with Gasteiger partial charge in [0.2, 0.25) is 0 Å². The average molecular weight is 344 g/mol. The molecule has 0 bridgehead atoms. The van der Waals surface area contributed by atoms with Gasteiger partial charge in [0.25, 0.3) is 0 Å². The zero-order valence-electron chi connectivity index (χ0n) is 14.3. The van der Waals surface area contributed by atoms with Gasteiger partial charge in [-0.25, -0.2) is 0 Å². The third kappa shape index (κ3) is 2.40. The molecule has 0 spiro atoms. The molecule has 0 amide bonds. The van der Waals surface area contributed by atoms with E-state index >= 15 is 0 Å². The van der Waals surface area contributed by atoms with Crippen molar-refractivity contribution in [2.45, 2.75) is 24.7 Å². The second-order valence-electron chi connectivity index (χ2n) is 7.08. The first-order valence-electron chi connectivity index (χ1n) is 9.03. The van der Waals surface area contributed by atoms with Crippen LogP contribution in [0.1, 0.15) is 18.1 Å². The Hall–Kier alpha value is -2.46. The van der Waals surface area contributed by atoms with E-state index in [0.29, 0.717) is 6.42 Å². The highest BCUT2D eigenvalue weighted by molar-refractivity contribution is 6.17. The number of benzene rings is 4. The number of ether oxygens (including phenoxy) is 1. The van der Waals surface area contributed by atoms with Crippen LogP contribution in [0.5, 0.6) is 0 Å². The largest absolute Gasteiger partial charge is 0.394 e. The van der Waals surface area contributed by atoms with Crippen molar-refractivity contribution < 1.29 is 14.9 Å². The summed E-state index contributed by atoms with van der Waals surface area (Å²) in [7, 11) is 0. The Labute approximate surface area is 151 Å². The van der Waals surface area contributed by atoms with Gasteiger partial charge in [0, 0.05) is 6.42 Å². The monoisotopic (exact) mass is 344 g/mol. The van der Waals surface area contributed by atoms with Crippen LogP contribution in [0.25, 0.3) is 32.3 Å². The molecule has 4 aromatic carbocycles. The molecule has 130 valence electrons. The second-order valence-corrected chi connectivity index (χ2v) is 7.08. The first-order chi connectivity index (χ1) is 12.7. The molecule has 0 aromatic heterocycles. The van der Waals surface area contributed by atoms with E-state index in [1.165, 1.54) is 32.3 Å². The summed E-state index contributed by atoms with van der Waals surface area (Å²) in [6, 6.07) is 23.5. The minimum Gasteiger partial charge on any atom is -0.394 e. The molecule has 0 aliphatic carbocycles. The number of rotatable bonds is 2. The van der Waals surface area contributed by atoms with Gasteiger partial charge in [0.1, 0.15) is 6.10 Å². The lowest BCUT2D eigenvalue weighted by Crippen LogP contribution is -2.24. The summed E-state index contributed by atoms with van der Waals surface area (Å²) in [5.41, 5.74) is 1.05. The molecule has 2 unspecified atom stereocenters. The van der Waals surface area contributed by atoms with Crippen molar-refractivity contribution in [3.8, 4) is 0 Å². The summed E-state index contributed by atoms with van der Waals surface area (Å²) in [6.45, 7) is -0.153. The van der Waals surface area contributed by atoms with Crippen molar-refractivity contribution in [3.63, 3.8) is 0 Å². The zero-order chi connectivity index (χ0) is 17.7. The van der Waals surface area contributed by atoms with Crippen molar-refractivity contribution in [3.05, 3.63) is 72.3 Å². The Balaban J connectivity index is 1.69. The molecular weight excluding hydrogens is 324 g/mol. The maximum atomic E-state index is 10.0. The molecule has 1 heterocycles. The van der Waals surface area contributed by atoms with E-state index in [0.717, 1.165) is 5.56 Å². The summed E-state index contributed by atoms with van der Waals surface area (Å²) in [5.74, 6) is 0. The third-order valence-corrected chi connectivity index (χ3v) is 5.54. The van der Waals surface area contributed by atoms with Gasteiger partial charge >= 0.3 is 0 Å². The first-order valence-corrected chi connectivity index (χ1v) is 9.03. The molecule has 0 radical (unpaired) electrons. The predicted molar refractivity (Wildman–Crippen MR) is 104 cm³/mol. The minimum atomic E-state index is -0.614. The Morgan fingerprint density at radius 3 is 2.27 bits per heavy atom. The van der Waals surface area contributed by atoms with E-state index in [2.05, 4.69) is 66.7 Å². The van der Waals surface area contributed by atoms with Gasteiger partial charge in [-0.15, -0.1) is 0 Å². The van der Waals surface area contributed by atoms with Gasteiger partial charge in [-0.3, -0.25) is 0 Å². The molecule has 5 rings (SSSR count). The van der Waals surface area contributed by atoms with Crippen molar-refractivity contribution in [2.75, 3.05) is 6.61 Å². The fourth-order valence-corrected chi connectivity index (χ4v) is 4.14. The maximum absolute atomic E-state index is 10.0. The highest BCUT2D eigenvalue weighted by atomic mass is 16.5. The molecule has 3 atom stereocenters. The SMILES string of the molecule is OC[C@H]1OC(c2ccc3ccc4c5ccccc5ccc4c3c2)CC1O. The lowest BCUT2D eigenvalue weighted by molar-refractivity contribution is -0.0225. The topological polar surface area (TPSA) is 49.7 Å². The normalized spacial score (nSPS) is 23.2. The van der Waals surface area contributed by atoms with Crippen LogP contribution >= 0.6 is 0 Å². The molecule has 1 aliphatic rings. The van der Waals surface area contributed by atoms with Gasteiger partial charge in [0.15, 0.2) is 0 Å². The Bertz CT molecular complexity index is 1120. The van der Waals surface area contributed by atoms with Gasteiger partial charge in [-0.1, -0.05) is 60.7 Å². The Morgan fingerprint density at radius 1 is 0.808 bits per heavy atom. The fraction of sp³-hybridized carbons (Fsp3) is 0.217. The average Bonchev–Trinajstić information content (AvgIpc) is 3.07. The number of fused-ring (bicyclic) bond motifs is 5. The van der Waals surface area contributed by atoms with Crippen LogP contribution in [0.2, 0.25) is 0 Å². The van der Waals surface area contributed by atoms with E-state index in [-0.39, 0.29) is 12.7 Å². The van der Waals surface area contributed by atoms with Crippen LogP contribution in [0.3, 0.4) is 0 Å². The quantitative estimate of drug-likeness (QED) is 0.532. The second kappa shape index (κ2) is 6.06. The molecule has 3 nitrogen and oxygen atoms in total. The van der Waals surface area contributed by atoms with Crippen LogP contribution in [0.15, 0.2) is 66.7 Å². The zero-order valence-corrected chi connectivity index (χ0v) is 14.3. The molecule has 2 N–H and O–H groups in total. The van der Waals surface area contributed by atoms with Gasteiger partial charge in [-0.05, 0) is 43.9 Å². The van der Waals surface area contributed by atoms with E-state index in [1.807, 2.05) is 0 Å². The molecule has 1 saturated heterocycles. The van der Waals surface area contributed by atoms with E-state index in [9.17, 15) is 10.2 Å². The number of aliphatic hydroxyl groups excluding tert-OH is 2. The number of aliphatic hydroxyl groups is 2. The van der Waals surface area contributed by atoms with Gasteiger partial charge < -0.3 is 14.9 Å². The number of hydrogen-bond donors (Lipinski definition) is 2. The molecule has 1 aliphatic heterocycles. The first kappa shape index (κ1) is 15.8. The molecule has 4 aromatic rings. The van der Waals surface area contributed by atoms with Crippen LogP contribution in [-0.4, -0.2) is 29.0 Å². The van der Waals surface area contributed by atoms with Crippen LogP contribution in [0, 0.1) is 0 Å². The molecule has 1 fully saturated rings. The maximum Gasteiger partial charge on any atom is 0.107 e. The van der Waals surface area contributed by atoms with Gasteiger partial charge in [0.05, 0.1) is 18.8 Å². The van der Waals surface area contributed by atoms with Gasteiger partial charge in [-0.2, -0.15) is 0 Å². The Kier molecular flexibility index (Phi) is 3.68. The molecule has 0 saturated carbocycles. The van der Waals surface area contributed by atoms with Crippen LogP contribution in [0.4, 0.5) is 0 Å². The molecule has 26 heavy (non-hydrogen) atoms. The predicted octanol–water partition coefficient (Wildman–Crippen LogP) is 4.33.